The van der Waals surface area contributed by atoms with Gasteiger partial charge < -0.3 is 14.9 Å². The second kappa shape index (κ2) is 27.6. The van der Waals surface area contributed by atoms with Crippen LogP contribution in [-0.4, -0.2) is 31.1 Å². The van der Waals surface area contributed by atoms with Gasteiger partial charge in [-0.1, -0.05) is 155 Å². The van der Waals surface area contributed by atoms with Gasteiger partial charge in [-0.3, -0.25) is 0 Å². The predicted octanol–water partition coefficient (Wildman–Crippen LogP) is 11.2. The predicted molar refractivity (Wildman–Crippen MR) is 161 cm³/mol. The fraction of sp³-hybridized carbons (Fsp3) is 0.970. The van der Waals surface area contributed by atoms with E-state index >= 15 is 0 Å². The van der Waals surface area contributed by atoms with E-state index in [1.165, 1.54) is 147 Å². The van der Waals surface area contributed by atoms with E-state index in [2.05, 4.69) is 27.7 Å². The minimum Gasteiger partial charge on any atom is -0.372 e. The summed E-state index contributed by atoms with van der Waals surface area (Å²) < 4.78 is 12.2. The molecule has 0 radical (unpaired) electrons. The van der Waals surface area contributed by atoms with Crippen molar-refractivity contribution in [2.24, 2.45) is 0 Å². The molecule has 0 aromatic rings. The Bertz CT molecular complexity index is 437. The molecule has 1 atom stereocenters. The van der Waals surface area contributed by atoms with Gasteiger partial charge in [-0.05, 0) is 26.7 Å². The molecule has 1 unspecified atom stereocenters. The van der Waals surface area contributed by atoms with Gasteiger partial charge in [0.05, 0.1) is 5.60 Å². The smallest absolute Gasteiger partial charge is 0.120 e. The standard InChI is InChI=1S/C33H67NO2/c1-5-7-9-11-13-15-17-19-21-23-25-27-29-35-32(31-34)33(3,4)36-30-28-26-24-22-20-18-16-14-12-10-8-6-2/h31-32,34H,5-30H2,1-4H3. The van der Waals surface area contributed by atoms with Crippen molar-refractivity contribution in [3.8, 4) is 0 Å². The van der Waals surface area contributed by atoms with Crippen LogP contribution in [-0.2, 0) is 9.47 Å². The third kappa shape index (κ3) is 24.0. The lowest BCUT2D eigenvalue weighted by atomic mass is 10.0. The van der Waals surface area contributed by atoms with Crippen molar-refractivity contribution >= 4 is 6.21 Å². The highest BCUT2D eigenvalue weighted by atomic mass is 16.5. The van der Waals surface area contributed by atoms with Gasteiger partial charge in [-0.15, -0.1) is 0 Å². The van der Waals surface area contributed by atoms with Gasteiger partial charge in [0.15, 0.2) is 0 Å². The Morgan fingerprint density at radius 1 is 0.500 bits per heavy atom. The largest absolute Gasteiger partial charge is 0.372 e. The highest BCUT2D eigenvalue weighted by molar-refractivity contribution is 5.61. The average Bonchev–Trinajstić information content (AvgIpc) is 2.87. The summed E-state index contributed by atoms with van der Waals surface area (Å²) in [4.78, 5) is 0. The molecule has 0 aromatic heterocycles. The van der Waals surface area contributed by atoms with Crippen LogP contribution in [0.1, 0.15) is 182 Å². The number of ether oxygens (including phenoxy) is 2. The van der Waals surface area contributed by atoms with Crippen molar-refractivity contribution < 1.29 is 9.47 Å². The Morgan fingerprint density at radius 3 is 1.14 bits per heavy atom. The molecule has 36 heavy (non-hydrogen) atoms. The van der Waals surface area contributed by atoms with Crippen LogP contribution < -0.4 is 0 Å². The van der Waals surface area contributed by atoms with Gasteiger partial charge in [0.25, 0.3) is 0 Å². The highest BCUT2D eigenvalue weighted by Gasteiger charge is 2.29. The van der Waals surface area contributed by atoms with Crippen LogP contribution in [0.2, 0.25) is 0 Å². The van der Waals surface area contributed by atoms with Crippen molar-refractivity contribution in [2.75, 3.05) is 13.2 Å². The molecule has 0 aromatic carbocycles. The maximum atomic E-state index is 7.82. The molecule has 0 bridgehead atoms. The number of rotatable bonds is 30. The van der Waals surface area contributed by atoms with E-state index in [0.29, 0.717) is 0 Å². The lowest BCUT2D eigenvalue weighted by molar-refractivity contribution is -0.0993. The van der Waals surface area contributed by atoms with Crippen LogP contribution >= 0.6 is 0 Å². The molecular weight excluding hydrogens is 442 g/mol. The minimum absolute atomic E-state index is 0.248. The van der Waals surface area contributed by atoms with Crippen molar-refractivity contribution in [1.82, 2.24) is 0 Å². The molecule has 0 aliphatic carbocycles. The SMILES string of the molecule is CCCCCCCCCCCCCCOC(C=N)C(C)(C)OCCCCCCCCCCCCCC. The lowest BCUT2D eigenvalue weighted by Gasteiger charge is -2.32. The minimum atomic E-state index is -0.420. The Balaban J connectivity index is 3.58. The summed E-state index contributed by atoms with van der Waals surface area (Å²) >= 11 is 0. The monoisotopic (exact) mass is 510 g/mol. The van der Waals surface area contributed by atoms with Gasteiger partial charge in [-0.2, -0.15) is 0 Å². The lowest BCUT2D eigenvalue weighted by Crippen LogP contribution is -2.42. The maximum absolute atomic E-state index is 7.82. The molecule has 0 spiro atoms. The number of hydrogen-bond acceptors (Lipinski definition) is 3. The molecule has 0 heterocycles. The Kier molecular flexibility index (Phi) is 27.3. The fourth-order valence-electron chi connectivity index (χ4n) is 4.96. The summed E-state index contributed by atoms with van der Waals surface area (Å²) in [5, 5.41) is 7.82. The van der Waals surface area contributed by atoms with Crippen LogP contribution in [0.3, 0.4) is 0 Å². The molecule has 0 rings (SSSR count). The summed E-state index contributed by atoms with van der Waals surface area (Å²) in [6, 6.07) is 0. The van der Waals surface area contributed by atoms with E-state index in [9.17, 15) is 0 Å². The summed E-state index contributed by atoms with van der Waals surface area (Å²) in [7, 11) is 0. The summed E-state index contributed by atoms with van der Waals surface area (Å²) in [5.41, 5.74) is -0.420. The van der Waals surface area contributed by atoms with E-state index in [1.54, 1.807) is 0 Å². The van der Waals surface area contributed by atoms with Crippen LogP contribution in [0.15, 0.2) is 0 Å². The molecule has 1 N–H and O–H groups in total. The zero-order chi connectivity index (χ0) is 26.6. The van der Waals surface area contributed by atoms with Crippen LogP contribution in [0, 0.1) is 5.41 Å². The molecule has 0 aliphatic heterocycles. The topological polar surface area (TPSA) is 42.3 Å². The van der Waals surface area contributed by atoms with Crippen molar-refractivity contribution in [1.29, 1.82) is 5.41 Å². The van der Waals surface area contributed by atoms with Crippen LogP contribution in [0.4, 0.5) is 0 Å². The Hall–Kier alpha value is -0.410. The summed E-state index contributed by atoms with van der Waals surface area (Å²) in [5.74, 6) is 0. The molecule has 0 fully saturated rings. The molecule has 3 heteroatoms. The van der Waals surface area contributed by atoms with E-state index in [-0.39, 0.29) is 6.10 Å². The van der Waals surface area contributed by atoms with Gasteiger partial charge in [0, 0.05) is 19.4 Å². The Labute approximate surface area is 227 Å². The zero-order valence-corrected chi connectivity index (χ0v) is 25.4. The molecule has 216 valence electrons. The zero-order valence-electron chi connectivity index (χ0n) is 25.4. The third-order valence-corrected chi connectivity index (χ3v) is 7.60. The summed E-state index contributed by atoms with van der Waals surface area (Å²) in [6.45, 7) is 10.2. The van der Waals surface area contributed by atoms with Gasteiger partial charge in [0.1, 0.15) is 6.10 Å². The van der Waals surface area contributed by atoms with Gasteiger partial charge in [0.2, 0.25) is 0 Å². The number of hydrogen-bond donors (Lipinski definition) is 1. The van der Waals surface area contributed by atoms with Gasteiger partial charge in [-0.25, -0.2) is 0 Å². The first-order chi connectivity index (χ1) is 17.6. The molecule has 0 saturated carbocycles. The third-order valence-electron chi connectivity index (χ3n) is 7.60. The maximum Gasteiger partial charge on any atom is 0.120 e. The van der Waals surface area contributed by atoms with Gasteiger partial charge >= 0.3 is 0 Å². The average molecular weight is 510 g/mol. The van der Waals surface area contributed by atoms with Crippen molar-refractivity contribution in [2.45, 2.75) is 193 Å². The van der Waals surface area contributed by atoms with E-state index in [0.717, 1.165) is 26.1 Å². The number of nitrogens with one attached hydrogen (secondary N) is 1. The van der Waals surface area contributed by atoms with Crippen molar-refractivity contribution in [3.63, 3.8) is 0 Å². The molecular formula is C33H67NO2. The normalized spacial score (nSPS) is 12.8. The number of unbranched alkanes of at least 4 members (excludes halogenated alkanes) is 22. The van der Waals surface area contributed by atoms with Crippen LogP contribution in [0.25, 0.3) is 0 Å². The molecule has 0 saturated heterocycles. The quantitative estimate of drug-likeness (QED) is 0.0772. The van der Waals surface area contributed by atoms with E-state index < -0.39 is 5.60 Å². The van der Waals surface area contributed by atoms with E-state index in [4.69, 9.17) is 14.9 Å². The molecule has 3 nitrogen and oxygen atoms in total. The first-order valence-electron chi connectivity index (χ1n) is 16.3. The first kappa shape index (κ1) is 35.6. The van der Waals surface area contributed by atoms with Crippen molar-refractivity contribution in [3.05, 3.63) is 0 Å². The fourth-order valence-corrected chi connectivity index (χ4v) is 4.96. The van der Waals surface area contributed by atoms with E-state index in [1.807, 2.05) is 0 Å². The highest BCUT2D eigenvalue weighted by Crippen LogP contribution is 2.19. The second-order valence-electron chi connectivity index (χ2n) is 11.7. The first-order valence-corrected chi connectivity index (χ1v) is 16.3. The molecule has 0 aliphatic rings. The second-order valence-corrected chi connectivity index (χ2v) is 11.7. The molecule has 0 amide bonds. The Morgan fingerprint density at radius 2 is 0.806 bits per heavy atom. The summed E-state index contributed by atoms with van der Waals surface area (Å²) in [6.07, 6.45) is 33.7. The van der Waals surface area contributed by atoms with Crippen LogP contribution in [0.5, 0.6) is 0 Å².